The van der Waals surface area contributed by atoms with Crippen LogP contribution >= 0.6 is 15.9 Å². The van der Waals surface area contributed by atoms with Gasteiger partial charge in [0, 0.05) is 10.2 Å². The quantitative estimate of drug-likeness (QED) is 0.679. The second-order valence-corrected chi connectivity index (χ2v) is 3.36. The van der Waals surface area contributed by atoms with E-state index in [1.54, 1.807) is 13.8 Å². The number of halogens is 1. The van der Waals surface area contributed by atoms with Crippen LogP contribution in [0.25, 0.3) is 0 Å². The summed E-state index contributed by atoms with van der Waals surface area (Å²) in [4.78, 5) is 15.4. The molecule has 0 spiro atoms. The smallest absolute Gasteiger partial charge is 0.340 e. The molecule has 0 bridgehead atoms. The lowest BCUT2D eigenvalue weighted by Crippen LogP contribution is -2.12. The molecule has 66 valence electrons. The van der Waals surface area contributed by atoms with Crippen LogP contribution in [0.3, 0.4) is 0 Å². The van der Waals surface area contributed by atoms with Crippen LogP contribution in [0.4, 0.5) is 0 Å². The van der Waals surface area contributed by atoms with Gasteiger partial charge in [-0.05, 0) is 13.8 Å². The van der Waals surface area contributed by atoms with Gasteiger partial charge in [0.25, 0.3) is 0 Å². The summed E-state index contributed by atoms with van der Waals surface area (Å²) in [6.45, 7) is 4.55. The minimum atomic E-state index is -0.289. The Kier molecular flexibility index (Phi) is 3.03. The van der Waals surface area contributed by atoms with Crippen LogP contribution in [-0.4, -0.2) is 24.8 Å². The van der Waals surface area contributed by atoms with Gasteiger partial charge in [-0.25, -0.2) is 4.79 Å². The summed E-state index contributed by atoms with van der Waals surface area (Å²) in [6, 6.07) is 0. The fraction of sp³-hybridized carbons (Fsp3) is 0.500. The van der Waals surface area contributed by atoms with Gasteiger partial charge < -0.3 is 4.74 Å². The van der Waals surface area contributed by atoms with Gasteiger partial charge in [0.15, 0.2) is 0 Å². The van der Waals surface area contributed by atoms with Crippen LogP contribution in [0.15, 0.2) is 15.0 Å². The van der Waals surface area contributed by atoms with Crippen molar-refractivity contribution in [3.05, 3.63) is 10.1 Å². The molecule has 0 aromatic heterocycles. The average molecular weight is 232 g/mol. The van der Waals surface area contributed by atoms with Crippen LogP contribution in [0, 0.1) is 0 Å². The van der Waals surface area contributed by atoms with Gasteiger partial charge in [-0.3, -0.25) is 4.99 Å². The SMILES string of the molecule is CCOC(=O)C1=C(Br)CN=C1C. The second-order valence-electron chi connectivity index (χ2n) is 2.40. The van der Waals surface area contributed by atoms with Gasteiger partial charge in [-0.1, -0.05) is 15.9 Å². The summed E-state index contributed by atoms with van der Waals surface area (Å²) in [5.41, 5.74) is 1.33. The number of hydrogen-bond acceptors (Lipinski definition) is 3. The molecule has 0 N–H and O–H groups in total. The summed E-state index contributed by atoms with van der Waals surface area (Å²) in [7, 11) is 0. The van der Waals surface area contributed by atoms with Crippen molar-refractivity contribution in [2.24, 2.45) is 4.99 Å². The normalized spacial score (nSPS) is 16.4. The summed E-state index contributed by atoms with van der Waals surface area (Å²) in [5, 5.41) is 0. The molecule has 0 aromatic carbocycles. The van der Waals surface area contributed by atoms with Crippen molar-refractivity contribution in [3.8, 4) is 0 Å². The van der Waals surface area contributed by atoms with E-state index in [0.29, 0.717) is 18.7 Å². The van der Waals surface area contributed by atoms with Crippen molar-refractivity contribution >= 4 is 27.6 Å². The molecule has 0 saturated carbocycles. The van der Waals surface area contributed by atoms with E-state index >= 15 is 0 Å². The van der Waals surface area contributed by atoms with Crippen molar-refractivity contribution < 1.29 is 9.53 Å². The van der Waals surface area contributed by atoms with Crippen molar-refractivity contribution in [1.29, 1.82) is 0 Å². The third-order valence-corrected chi connectivity index (χ3v) is 2.21. The van der Waals surface area contributed by atoms with Gasteiger partial charge >= 0.3 is 5.97 Å². The highest BCUT2D eigenvalue weighted by Crippen LogP contribution is 2.21. The van der Waals surface area contributed by atoms with E-state index in [-0.39, 0.29) is 5.97 Å². The predicted octanol–water partition coefficient (Wildman–Crippen LogP) is 1.67. The molecule has 3 nitrogen and oxygen atoms in total. The Balaban J connectivity index is 2.80. The Morgan fingerprint density at radius 3 is 2.83 bits per heavy atom. The Morgan fingerprint density at radius 1 is 1.75 bits per heavy atom. The molecular formula is C8H10BrNO2. The van der Waals surface area contributed by atoms with Gasteiger partial charge in [-0.2, -0.15) is 0 Å². The number of aliphatic imine (C=N–C) groups is 1. The molecule has 0 radical (unpaired) electrons. The molecule has 0 saturated heterocycles. The first-order chi connectivity index (χ1) is 5.66. The molecular weight excluding hydrogens is 222 g/mol. The van der Waals surface area contributed by atoms with E-state index in [9.17, 15) is 4.79 Å². The Labute approximate surface area is 79.6 Å². The minimum Gasteiger partial charge on any atom is -0.462 e. The molecule has 4 heteroatoms. The molecule has 0 aromatic rings. The first-order valence-corrected chi connectivity index (χ1v) is 4.53. The highest BCUT2D eigenvalue weighted by atomic mass is 79.9. The first kappa shape index (κ1) is 9.45. The monoisotopic (exact) mass is 231 g/mol. The number of hydrogen-bond donors (Lipinski definition) is 0. The second kappa shape index (κ2) is 3.85. The number of ether oxygens (including phenoxy) is 1. The maximum Gasteiger partial charge on any atom is 0.340 e. The van der Waals surface area contributed by atoms with Crippen molar-refractivity contribution in [2.45, 2.75) is 13.8 Å². The topological polar surface area (TPSA) is 38.7 Å². The maximum atomic E-state index is 11.3. The molecule has 1 aliphatic heterocycles. The number of nitrogens with zero attached hydrogens (tertiary/aromatic N) is 1. The van der Waals surface area contributed by atoms with E-state index < -0.39 is 0 Å². The number of esters is 1. The fourth-order valence-electron chi connectivity index (χ4n) is 1.00. The highest BCUT2D eigenvalue weighted by molar-refractivity contribution is 9.11. The minimum absolute atomic E-state index is 0.289. The van der Waals surface area contributed by atoms with E-state index in [4.69, 9.17) is 4.74 Å². The van der Waals surface area contributed by atoms with Crippen LogP contribution in [0.1, 0.15) is 13.8 Å². The fourth-order valence-corrected chi connectivity index (χ4v) is 1.58. The van der Waals surface area contributed by atoms with E-state index in [0.717, 1.165) is 10.2 Å². The summed E-state index contributed by atoms with van der Waals surface area (Å²) in [5.74, 6) is -0.289. The van der Waals surface area contributed by atoms with Gasteiger partial charge in [0.1, 0.15) is 0 Å². The first-order valence-electron chi connectivity index (χ1n) is 3.74. The summed E-state index contributed by atoms with van der Waals surface area (Å²) >= 11 is 3.28. The Morgan fingerprint density at radius 2 is 2.42 bits per heavy atom. The molecule has 1 heterocycles. The maximum absolute atomic E-state index is 11.3. The predicted molar refractivity (Wildman–Crippen MR) is 50.6 cm³/mol. The number of carbonyl (C=O) groups excluding carboxylic acids is 1. The van der Waals surface area contributed by atoms with E-state index in [1.165, 1.54) is 0 Å². The average Bonchev–Trinajstić information content (AvgIpc) is 2.32. The van der Waals surface area contributed by atoms with Crippen LogP contribution < -0.4 is 0 Å². The third kappa shape index (κ3) is 1.75. The summed E-state index contributed by atoms with van der Waals surface area (Å²) < 4.78 is 5.68. The summed E-state index contributed by atoms with van der Waals surface area (Å²) in [6.07, 6.45) is 0. The molecule has 1 rings (SSSR count). The zero-order valence-electron chi connectivity index (χ0n) is 7.06. The van der Waals surface area contributed by atoms with Crippen molar-refractivity contribution in [3.63, 3.8) is 0 Å². The highest BCUT2D eigenvalue weighted by Gasteiger charge is 2.21. The molecule has 0 aliphatic carbocycles. The molecule has 0 atom stereocenters. The van der Waals surface area contributed by atoms with Crippen LogP contribution in [-0.2, 0) is 9.53 Å². The lowest BCUT2D eigenvalue weighted by molar-refractivity contribution is -0.137. The number of rotatable bonds is 2. The number of carbonyl (C=O) groups is 1. The van der Waals surface area contributed by atoms with Crippen molar-refractivity contribution in [1.82, 2.24) is 0 Å². The van der Waals surface area contributed by atoms with Gasteiger partial charge in [-0.15, -0.1) is 0 Å². The molecule has 1 aliphatic rings. The molecule has 0 fully saturated rings. The lowest BCUT2D eigenvalue weighted by Gasteiger charge is -2.02. The molecule has 0 unspecified atom stereocenters. The molecule has 0 amide bonds. The van der Waals surface area contributed by atoms with Crippen LogP contribution in [0.2, 0.25) is 0 Å². The van der Waals surface area contributed by atoms with Gasteiger partial charge in [0.05, 0.1) is 18.7 Å². The van der Waals surface area contributed by atoms with Crippen molar-refractivity contribution in [2.75, 3.05) is 13.2 Å². The van der Waals surface area contributed by atoms with Gasteiger partial charge in [0.2, 0.25) is 0 Å². The Hall–Kier alpha value is -0.640. The Bertz CT molecular complexity index is 268. The van der Waals surface area contributed by atoms with E-state index in [1.807, 2.05) is 0 Å². The lowest BCUT2D eigenvalue weighted by atomic mass is 10.2. The largest absolute Gasteiger partial charge is 0.462 e. The zero-order valence-corrected chi connectivity index (χ0v) is 8.64. The standard InChI is InChI=1S/C8H10BrNO2/c1-3-12-8(11)7-5(2)10-4-6(7)9/h3-4H2,1-2H3. The van der Waals surface area contributed by atoms with E-state index in [2.05, 4.69) is 20.9 Å². The third-order valence-electron chi connectivity index (χ3n) is 1.57. The zero-order chi connectivity index (χ0) is 9.14. The van der Waals surface area contributed by atoms with Crippen LogP contribution in [0.5, 0.6) is 0 Å². The molecule has 12 heavy (non-hydrogen) atoms.